The first-order valence-corrected chi connectivity index (χ1v) is 6.91. The molecule has 0 atom stereocenters. The number of nitrogens with two attached hydrogens (primary N) is 1. The van der Waals surface area contributed by atoms with E-state index >= 15 is 0 Å². The van der Waals surface area contributed by atoms with E-state index in [9.17, 15) is 14.9 Å². The first-order chi connectivity index (χ1) is 10.0. The fourth-order valence-electron chi connectivity index (χ4n) is 1.86. The van der Waals surface area contributed by atoms with E-state index in [-0.39, 0.29) is 36.5 Å². The van der Waals surface area contributed by atoms with Crippen LogP contribution in [-0.4, -0.2) is 23.5 Å². The summed E-state index contributed by atoms with van der Waals surface area (Å²) in [5.41, 5.74) is 6.02. The van der Waals surface area contributed by atoms with Crippen LogP contribution in [0.5, 0.6) is 5.75 Å². The van der Waals surface area contributed by atoms with Crippen LogP contribution in [0.2, 0.25) is 0 Å². The monoisotopic (exact) mass is 295 g/mol. The molecule has 0 aliphatic heterocycles. The number of nitrogens with one attached hydrogen (secondary N) is 1. The lowest BCUT2D eigenvalue weighted by molar-refractivity contribution is -0.385. The number of nitro benzene ring substituents is 1. The molecule has 0 radical (unpaired) electrons. The zero-order valence-corrected chi connectivity index (χ0v) is 12.3. The number of ether oxygens (including phenoxy) is 1. The van der Waals surface area contributed by atoms with Crippen LogP contribution in [0.15, 0.2) is 18.2 Å². The van der Waals surface area contributed by atoms with Crippen molar-refractivity contribution in [3.8, 4) is 5.75 Å². The molecule has 21 heavy (non-hydrogen) atoms. The van der Waals surface area contributed by atoms with E-state index in [0.717, 1.165) is 12.8 Å². The molecule has 1 rings (SSSR count). The van der Waals surface area contributed by atoms with Crippen LogP contribution in [0.4, 0.5) is 5.69 Å². The quantitative estimate of drug-likeness (QED) is 0.561. The molecule has 0 saturated carbocycles. The minimum Gasteiger partial charge on any atom is -0.477 e. The van der Waals surface area contributed by atoms with Crippen molar-refractivity contribution in [3.63, 3.8) is 0 Å². The van der Waals surface area contributed by atoms with Crippen molar-refractivity contribution in [2.45, 2.75) is 39.3 Å². The van der Waals surface area contributed by atoms with Gasteiger partial charge in [0.25, 0.3) is 5.91 Å². The van der Waals surface area contributed by atoms with Crippen LogP contribution in [0.1, 0.15) is 32.3 Å². The summed E-state index contributed by atoms with van der Waals surface area (Å²) >= 11 is 0. The Labute approximate surface area is 123 Å². The predicted octanol–water partition coefficient (Wildman–Crippen LogP) is 1.74. The van der Waals surface area contributed by atoms with E-state index < -0.39 is 4.92 Å². The second-order valence-electron chi connectivity index (χ2n) is 4.63. The Morgan fingerprint density at radius 2 is 2.10 bits per heavy atom. The molecule has 0 fully saturated rings. The molecule has 1 amide bonds. The number of nitrogens with zero attached hydrogens (tertiary/aromatic N) is 1. The Morgan fingerprint density at radius 3 is 2.62 bits per heavy atom. The fraction of sp³-hybridized carbons (Fsp3) is 0.500. The third kappa shape index (κ3) is 5.03. The van der Waals surface area contributed by atoms with Crippen LogP contribution in [-0.2, 0) is 11.3 Å². The van der Waals surface area contributed by atoms with E-state index in [0.29, 0.717) is 5.56 Å². The molecular weight excluding hydrogens is 274 g/mol. The van der Waals surface area contributed by atoms with E-state index in [2.05, 4.69) is 5.32 Å². The summed E-state index contributed by atoms with van der Waals surface area (Å²) < 4.78 is 5.28. The predicted molar refractivity (Wildman–Crippen MR) is 79.0 cm³/mol. The summed E-state index contributed by atoms with van der Waals surface area (Å²) in [4.78, 5) is 22.1. The zero-order valence-electron chi connectivity index (χ0n) is 12.3. The number of amides is 1. The SMILES string of the molecule is CCC(CC)NC(=O)COc1cc(CN)ccc1[N+](=O)[O-]. The highest BCUT2D eigenvalue weighted by molar-refractivity contribution is 5.78. The Morgan fingerprint density at radius 1 is 1.43 bits per heavy atom. The third-order valence-corrected chi connectivity index (χ3v) is 3.17. The van der Waals surface area contributed by atoms with Crippen molar-refractivity contribution in [2.24, 2.45) is 5.73 Å². The highest BCUT2D eigenvalue weighted by Crippen LogP contribution is 2.27. The highest BCUT2D eigenvalue weighted by atomic mass is 16.6. The van der Waals surface area contributed by atoms with Crippen molar-refractivity contribution in [1.29, 1.82) is 0 Å². The van der Waals surface area contributed by atoms with Crippen LogP contribution in [0.3, 0.4) is 0 Å². The normalized spacial score (nSPS) is 10.5. The third-order valence-electron chi connectivity index (χ3n) is 3.17. The molecule has 0 aromatic heterocycles. The molecule has 0 spiro atoms. The van der Waals surface area contributed by atoms with Crippen molar-refractivity contribution in [3.05, 3.63) is 33.9 Å². The lowest BCUT2D eigenvalue weighted by Gasteiger charge is -2.15. The van der Waals surface area contributed by atoms with Gasteiger partial charge < -0.3 is 15.8 Å². The Balaban J connectivity index is 2.73. The maximum absolute atomic E-state index is 11.7. The van der Waals surface area contributed by atoms with E-state index in [1.54, 1.807) is 6.07 Å². The molecule has 0 saturated heterocycles. The summed E-state index contributed by atoms with van der Waals surface area (Å²) in [5.74, 6) is -0.237. The second kappa shape index (κ2) is 8.21. The second-order valence-corrected chi connectivity index (χ2v) is 4.63. The molecule has 7 nitrogen and oxygen atoms in total. The van der Waals surface area contributed by atoms with Gasteiger partial charge in [-0.2, -0.15) is 0 Å². The molecule has 0 bridgehead atoms. The van der Waals surface area contributed by atoms with E-state index in [4.69, 9.17) is 10.5 Å². The maximum Gasteiger partial charge on any atom is 0.310 e. The molecule has 1 aromatic rings. The maximum atomic E-state index is 11.7. The number of rotatable bonds is 8. The van der Waals surface area contributed by atoms with Crippen molar-refractivity contribution in [2.75, 3.05) is 6.61 Å². The standard InChI is InChI=1S/C14H21N3O4/c1-3-11(4-2)16-14(18)9-21-13-7-10(8-15)5-6-12(13)17(19)20/h5-7,11H,3-4,8-9,15H2,1-2H3,(H,16,18). The first kappa shape index (κ1) is 16.9. The number of hydrogen-bond donors (Lipinski definition) is 2. The number of benzene rings is 1. The molecule has 0 heterocycles. The van der Waals surface area contributed by atoms with Gasteiger partial charge in [0, 0.05) is 18.7 Å². The number of carbonyl (C=O) groups is 1. The first-order valence-electron chi connectivity index (χ1n) is 6.91. The average molecular weight is 295 g/mol. The van der Waals surface area contributed by atoms with Gasteiger partial charge in [0.15, 0.2) is 12.4 Å². The van der Waals surface area contributed by atoms with Gasteiger partial charge in [-0.05, 0) is 24.5 Å². The lowest BCUT2D eigenvalue weighted by atomic mass is 10.2. The van der Waals surface area contributed by atoms with Gasteiger partial charge in [-0.25, -0.2) is 0 Å². The molecule has 0 aliphatic carbocycles. The number of nitro groups is 1. The summed E-state index contributed by atoms with van der Waals surface area (Å²) in [6, 6.07) is 4.47. The van der Waals surface area contributed by atoms with E-state index in [1.165, 1.54) is 12.1 Å². The van der Waals surface area contributed by atoms with Crippen LogP contribution in [0.25, 0.3) is 0 Å². The van der Waals surface area contributed by atoms with Gasteiger partial charge in [0.2, 0.25) is 0 Å². The topological polar surface area (TPSA) is 107 Å². The van der Waals surface area contributed by atoms with Gasteiger partial charge in [-0.1, -0.05) is 19.9 Å². The Bertz CT molecular complexity index is 501. The molecule has 116 valence electrons. The minimum absolute atomic E-state index is 0.0580. The van der Waals surface area contributed by atoms with Crippen molar-refractivity contribution < 1.29 is 14.5 Å². The summed E-state index contributed by atoms with van der Waals surface area (Å²) in [7, 11) is 0. The largest absolute Gasteiger partial charge is 0.477 e. The van der Waals surface area contributed by atoms with Gasteiger partial charge in [-0.15, -0.1) is 0 Å². The molecular formula is C14H21N3O4. The molecule has 3 N–H and O–H groups in total. The average Bonchev–Trinajstić information content (AvgIpc) is 2.49. The van der Waals surface area contributed by atoms with Crippen molar-refractivity contribution >= 4 is 11.6 Å². The molecule has 1 aromatic carbocycles. The smallest absolute Gasteiger partial charge is 0.310 e. The van der Waals surface area contributed by atoms with Crippen LogP contribution < -0.4 is 15.8 Å². The summed E-state index contributed by atoms with van der Waals surface area (Å²) in [5, 5.41) is 13.7. The zero-order chi connectivity index (χ0) is 15.8. The van der Waals surface area contributed by atoms with Crippen molar-refractivity contribution in [1.82, 2.24) is 5.32 Å². The van der Waals surface area contributed by atoms with Crippen LogP contribution in [0, 0.1) is 10.1 Å². The molecule has 7 heteroatoms. The highest BCUT2D eigenvalue weighted by Gasteiger charge is 2.17. The summed E-state index contributed by atoms with van der Waals surface area (Å²) in [6.45, 7) is 3.94. The lowest BCUT2D eigenvalue weighted by Crippen LogP contribution is -2.37. The van der Waals surface area contributed by atoms with E-state index in [1.807, 2.05) is 13.8 Å². The molecule has 0 unspecified atom stereocenters. The molecule has 0 aliphatic rings. The van der Waals surface area contributed by atoms with Gasteiger partial charge >= 0.3 is 5.69 Å². The Kier molecular flexibility index (Phi) is 6.61. The number of hydrogen-bond acceptors (Lipinski definition) is 5. The summed E-state index contributed by atoms with van der Waals surface area (Å²) in [6.07, 6.45) is 1.65. The van der Waals surface area contributed by atoms with Gasteiger partial charge in [0.1, 0.15) is 0 Å². The number of carbonyl (C=O) groups excluding carboxylic acids is 1. The minimum atomic E-state index is -0.547. The Hall–Kier alpha value is -2.15. The van der Waals surface area contributed by atoms with Gasteiger partial charge in [-0.3, -0.25) is 14.9 Å². The van der Waals surface area contributed by atoms with Crippen LogP contribution >= 0.6 is 0 Å². The van der Waals surface area contributed by atoms with Gasteiger partial charge in [0.05, 0.1) is 4.92 Å². The fourth-order valence-corrected chi connectivity index (χ4v) is 1.86.